The summed E-state index contributed by atoms with van der Waals surface area (Å²) in [5.74, 6) is -8.19. The number of rotatable bonds is 13. The molecule has 0 amide bonds. The smallest absolute Gasteiger partial charge is 0.321 e. The number of carboxylic acids is 7. The van der Waals surface area contributed by atoms with Crippen molar-refractivity contribution in [1.82, 2.24) is 9.97 Å². The highest BCUT2D eigenvalue weighted by Crippen LogP contribution is 1.95. The predicted octanol–water partition coefficient (Wildman–Crippen LogP) is -3.63. The van der Waals surface area contributed by atoms with E-state index in [0.29, 0.717) is 0 Å². The van der Waals surface area contributed by atoms with Crippen LogP contribution in [0.3, 0.4) is 0 Å². The minimum atomic E-state index is -1.29. The Morgan fingerprint density at radius 1 is 0.641 bits per heavy atom. The van der Waals surface area contributed by atoms with Gasteiger partial charge in [-0.15, -0.1) is 0 Å². The molecule has 0 bridgehead atoms. The van der Waals surface area contributed by atoms with Gasteiger partial charge in [0.2, 0.25) is 0 Å². The van der Waals surface area contributed by atoms with Gasteiger partial charge in [0.15, 0.2) is 0 Å². The van der Waals surface area contributed by atoms with Crippen molar-refractivity contribution in [2.45, 2.75) is 56.3 Å². The molecule has 20 heteroatoms. The number of nitrogens with two attached hydrogens (primary N) is 4. The molecular weight excluding hydrogens is 536 g/mol. The number of aromatic nitrogens is 2. The first kappa shape index (κ1) is 38.9. The van der Waals surface area contributed by atoms with Crippen molar-refractivity contribution in [3.05, 3.63) is 18.2 Å². The normalized spacial score (nSPS) is 12.6. The lowest BCUT2D eigenvalue weighted by molar-refractivity contribution is -0.144. The molecule has 0 fully saturated rings. The van der Waals surface area contributed by atoms with E-state index in [1.54, 1.807) is 6.20 Å². The first-order valence-electron chi connectivity index (χ1n) is 10.4. The molecule has 0 saturated heterocycles. The average Bonchev–Trinajstić information content (AvgIpc) is 3.30. The highest BCUT2D eigenvalue weighted by molar-refractivity contribution is 5.80. The van der Waals surface area contributed by atoms with Crippen LogP contribution in [0.4, 0.5) is 0 Å². The number of carboxylic acid groups (broad SMARTS) is 7. The minimum Gasteiger partial charge on any atom is -0.481 e. The van der Waals surface area contributed by atoms with Gasteiger partial charge in [-0.25, -0.2) is 4.98 Å². The largest absolute Gasteiger partial charge is 0.481 e. The van der Waals surface area contributed by atoms with E-state index in [-0.39, 0.29) is 19.3 Å². The Morgan fingerprint density at radius 2 is 1.03 bits per heavy atom. The zero-order valence-electron chi connectivity index (χ0n) is 20.2. The molecule has 0 aromatic carbocycles. The molecule has 39 heavy (non-hydrogen) atoms. The van der Waals surface area contributed by atoms with Crippen molar-refractivity contribution in [3.63, 3.8) is 0 Å². The Hall–Kier alpha value is -4.66. The molecule has 16 N–H and O–H groups in total. The number of hydrogen-bond donors (Lipinski definition) is 12. The molecule has 0 aliphatic carbocycles. The molecule has 1 aromatic heterocycles. The van der Waals surface area contributed by atoms with Crippen molar-refractivity contribution in [3.8, 4) is 0 Å². The van der Waals surface area contributed by atoms with E-state index in [2.05, 4.69) is 9.97 Å². The Labute approximate surface area is 219 Å². The predicted molar refractivity (Wildman–Crippen MR) is 126 cm³/mol. The minimum absolute atomic E-state index is 0.0231. The molecule has 0 aliphatic rings. The third kappa shape index (κ3) is 26.2. The second kappa shape index (κ2) is 21.4. The van der Waals surface area contributed by atoms with Crippen LogP contribution in [0.25, 0.3) is 0 Å². The van der Waals surface area contributed by atoms with Crippen molar-refractivity contribution >= 4 is 41.8 Å². The van der Waals surface area contributed by atoms with Gasteiger partial charge in [-0.3, -0.25) is 33.6 Å². The Kier molecular flexibility index (Phi) is 21.4. The first-order valence-corrected chi connectivity index (χ1v) is 10.4. The van der Waals surface area contributed by atoms with Crippen molar-refractivity contribution in [2.24, 2.45) is 22.9 Å². The van der Waals surface area contributed by atoms with Crippen molar-refractivity contribution in [2.75, 3.05) is 0 Å². The number of hydrogen-bond acceptors (Lipinski definition) is 12. The van der Waals surface area contributed by atoms with E-state index < -0.39 is 78.8 Å². The topological polar surface area (TPSA) is 394 Å². The second-order valence-corrected chi connectivity index (χ2v) is 7.19. The van der Waals surface area contributed by atoms with Gasteiger partial charge < -0.3 is 63.7 Å². The van der Waals surface area contributed by atoms with E-state index in [1.807, 2.05) is 0 Å². The van der Waals surface area contributed by atoms with Crippen LogP contribution in [-0.2, 0) is 40.0 Å². The summed E-state index contributed by atoms with van der Waals surface area (Å²) in [6.45, 7) is 0. The van der Waals surface area contributed by atoms with Crippen LogP contribution in [0.5, 0.6) is 0 Å². The molecule has 1 aromatic rings. The fraction of sp³-hybridized carbons (Fsp3) is 0.474. The van der Waals surface area contributed by atoms with Gasteiger partial charge in [0.05, 0.1) is 19.2 Å². The second-order valence-electron chi connectivity index (χ2n) is 7.19. The molecule has 0 radical (unpaired) electrons. The van der Waals surface area contributed by atoms with E-state index in [1.165, 1.54) is 6.33 Å². The standard InChI is InChI=1S/C6H9N3O2.C5H9NO4.2C4H7NO4/c7-5(6(10)11)1-4-2-8-3-9-4;6-3(5(9)10)1-2-4(7)8;2*5-2(4(8)9)1-3(6)7/h2-3,5H,1,7H2,(H,8,9)(H,10,11);3H,1-2,6H2,(H,7,8)(H,9,10);2*2H,1,5H2,(H,6,7)(H,8,9)/t5-;3-;2*2-/m0000/s1. The molecule has 222 valence electrons. The monoisotopic (exact) mass is 568 g/mol. The lowest BCUT2D eigenvalue weighted by Crippen LogP contribution is -2.32. The Morgan fingerprint density at radius 3 is 1.26 bits per heavy atom. The maximum atomic E-state index is 10.3. The van der Waals surface area contributed by atoms with Crippen LogP contribution in [0.1, 0.15) is 31.4 Å². The molecule has 0 unspecified atom stereocenters. The Balaban J connectivity index is -0.000000445. The highest BCUT2D eigenvalue weighted by atomic mass is 16.4. The average molecular weight is 568 g/mol. The zero-order valence-corrected chi connectivity index (χ0v) is 20.2. The van der Waals surface area contributed by atoms with Gasteiger partial charge in [-0.1, -0.05) is 0 Å². The number of H-pyrrole nitrogens is 1. The lowest BCUT2D eigenvalue weighted by Gasteiger charge is -2.02. The summed E-state index contributed by atoms with van der Waals surface area (Å²) in [4.78, 5) is 75.9. The van der Waals surface area contributed by atoms with E-state index >= 15 is 0 Å². The zero-order chi connectivity index (χ0) is 31.3. The third-order valence-corrected chi connectivity index (χ3v) is 3.72. The summed E-state index contributed by atoms with van der Waals surface area (Å²) in [7, 11) is 0. The number of imidazole rings is 1. The maximum absolute atomic E-state index is 10.3. The van der Waals surface area contributed by atoms with E-state index in [9.17, 15) is 33.6 Å². The summed E-state index contributed by atoms with van der Waals surface area (Å²) in [6, 6.07) is -4.49. The first-order chi connectivity index (χ1) is 17.8. The number of aromatic amines is 1. The van der Waals surface area contributed by atoms with Crippen LogP contribution < -0.4 is 22.9 Å². The van der Waals surface area contributed by atoms with Crippen LogP contribution in [0, 0.1) is 0 Å². The summed E-state index contributed by atoms with van der Waals surface area (Å²) in [6.07, 6.45) is 2.05. The van der Waals surface area contributed by atoms with Gasteiger partial charge in [0.1, 0.15) is 24.2 Å². The number of nitrogens with one attached hydrogen (secondary N) is 1. The fourth-order valence-corrected chi connectivity index (χ4v) is 1.67. The maximum Gasteiger partial charge on any atom is 0.321 e. The van der Waals surface area contributed by atoms with Gasteiger partial charge in [0.25, 0.3) is 0 Å². The lowest BCUT2D eigenvalue weighted by atomic mass is 10.2. The van der Waals surface area contributed by atoms with E-state index in [4.69, 9.17) is 58.7 Å². The Bertz CT molecular complexity index is 907. The number of aliphatic carboxylic acids is 7. The van der Waals surface area contributed by atoms with Crippen LogP contribution in [0.15, 0.2) is 12.5 Å². The molecular formula is C19H32N6O14. The highest BCUT2D eigenvalue weighted by Gasteiger charge is 2.15. The summed E-state index contributed by atoms with van der Waals surface area (Å²) < 4.78 is 0. The van der Waals surface area contributed by atoms with Crippen molar-refractivity contribution in [1.29, 1.82) is 0 Å². The quantitative estimate of drug-likeness (QED) is 0.109. The molecule has 0 aliphatic heterocycles. The number of nitrogens with zero attached hydrogens (tertiary/aromatic N) is 1. The summed E-state index contributed by atoms with van der Waals surface area (Å²) in [5, 5.41) is 56.8. The van der Waals surface area contributed by atoms with Gasteiger partial charge >= 0.3 is 41.8 Å². The van der Waals surface area contributed by atoms with Gasteiger partial charge in [-0.2, -0.15) is 0 Å². The SMILES string of the molecule is N[C@@H](CC(=O)O)C(=O)O.N[C@@H](CC(=O)O)C(=O)O.N[C@@H](CCC(=O)O)C(=O)O.N[C@@H](Cc1cnc[nH]1)C(=O)O. The third-order valence-electron chi connectivity index (χ3n) is 3.72. The molecule has 4 atom stereocenters. The summed E-state index contributed by atoms with van der Waals surface area (Å²) in [5.41, 5.74) is 20.7. The van der Waals surface area contributed by atoms with Crippen LogP contribution in [-0.4, -0.2) is 112 Å². The van der Waals surface area contributed by atoms with Crippen LogP contribution >= 0.6 is 0 Å². The van der Waals surface area contributed by atoms with Gasteiger partial charge in [0, 0.05) is 24.7 Å². The molecule has 1 rings (SSSR count). The van der Waals surface area contributed by atoms with Gasteiger partial charge in [-0.05, 0) is 6.42 Å². The summed E-state index contributed by atoms with van der Waals surface area (Å²) >= 11 is 0. The fourth-order valence-electron chi connectivity index (χ4n) is 1.67. The van der Waals surface area contributed by atoms with Crippen LogP contribution in [0.2, 0.25) is 0 Å². The molecule has 20 nitrogen and oxygen atoms in total. The van der Waals surface area contributed by atoms with E-state index in [0.717, 1.165) is 5.69 Å². The van der Waals surface area contributed by atoms with Crippen molar-refractivity contribution < 1.29 is 69.3 Å². The molecule has 0 saturated carbocycles. The number of carbonyl (C=O) groups is 7. The molecule has 1 heterocycles. The molecule has 0 spiro atoms.